The lowest BCUT2D eigenvalue weighted by molar-refractivity contribution is 0.174. The highest BCUT2D eigenvalue weighted by atomic mass is 35.5. The van der Waals surface area contributed by atoms with Gasteiger partial charge >= 0.3 is 0 Å². The molecule has 1 N–H and O–H groups in total. The Morgan fingerprint density at radius 2 is 2.05 bits per heavy atom. The Morgan fingerprint density at radius 3 is 2.70 bits per heavy atom. The fourth-order valence-corrected chi connectivity index (χ4v) is 2.51. The number of hydrogen-bond donors (Lipinski definition) is 1. The molecule has 0 spiro atoms. The summed E-state index contributed by atoms with van der Waals surface area (Å²) in [7, 11) is 1.53. The van der Waals surface area contributed by atoms with Crippen molar-refractivity contribution in [3.05, 3.63) is 63.9 Å². The van der Waals surface area contributed by atoms with Gasteiger partial charge in [-0.15, -0.1) is 0 Å². The van der Waals surface area contributed by atoms with Gasteiger partial charge in [0.2, 0.25) is 0 Å². The third-order valence-corrected chi connectivity index (χ3v) is 3.61. The van der Waals surface area contributed by atoms with Crippen LogP contribution < -0.4 is 4.74 Å². The molecule has 0 heterocycles. The smallest absolute Gasteiger partial charge is 0.126 e. The lowest BCUT2D eigenvalue weighted by Crippen LogP contribution is -2.06. The molecule has 1 atom stereocenters. The number of aryl methyl sites for hydroxylation is 1. The average molecular weight is 295 g/mol. The first-order chi connectivity index (χ1) is 9.52. The van der Waals surface area contributed by atoms with Gasteiger partial charge < -0.3 is 9.84 Å². The number of hydrogen-bond acceptors (Lipinski definition) is 2. The van der Waals surface area contributed by atoms with Crippen molar-refractivity contribution in [1.82, 2.24) is 0 Å². The second-order valence-electron chi connectivity index (χ2n) is 4.65. The van der Waals surface area contributed by atoms with Gasteiger partial charge in [0.25, 0.3) is 0 Å². The van der Waals surface area contributed by atoms with Crippen LogP contribution in [0.4, 0.5) is 4.39 Å². The zero-order valence-corrected chi connectivity index (χ0v) is 12.1. The largest absolute Gasteiger partial charge is 0.496 e. The predicted molar refractivity (Wildman–Crippen MR) is 77.8 cm³/mol. The first-order valence-corrected chi connectivity index (χ1v) is 6.66. The number of aliphatic hydroxyl groups excluding tert-OH is 1. The number of rotatable bonds is 4. The molecule has 0 saturated heterocycles. The molecular weight excluding hydrogens is 279 g/mol. The molecule has 0 aliphatic heterocycles. The Morgan fingerprint density at radius 1 is 1.30 bits per heavy atom. The molecule has 106 valence electrons. The number of ether oxygens (including phenoxy) is 1. The second kappa shape index (κ2) is 6.25. The number of methoxy groups -OCH3 is 1. The van der Waals surface area contributed by atoms with Crippen molar-refractivity contribution < 1.29 is 14.2 Å². The third-order valence-electron chi connectivity index (χ3n) is 3.28. The van der Waals surface area contributed by atoms with Gasteiger partial charge in [-0.1, -0.05) is 23.7 Å². The molecule has 0 bridgehead atoms. The molecule has 2 aromatic carbocycles. The summed E-state index contributed by atoms with van der Waals surface area (Å²) < 4.78 is 18.3. The summed E-state index contributed by atoms with van der Waals surface area (Å²) in [6, 6.07) is 9.74. The van der Waals surface area contributed by atoms with E-state index in [1.165, 1.54) is 19.2 Å². The molecule has 1 unspecified atom stereocenters. The summed E-state index contributed by atoms with van der Waals surface area (Å²) in [4.78, 5) is 0. The lowest BCUT2D eigenvalue weighted by Gasteiger charge is -2.17. The summed E-state index contributed by atoms with van der Waals surface area (Å²) in [5.41, 5.74) is 2.23. The quantitative estimate of drug-likeness (QED) is 0.921. The third kappa shape index (κ3) is 3.11. The summed E-state index contributed by atoms with van der Waals surface area (Å²) in [6.45, 7) is 1.81. The molecule has 2 nitrogen and oxygen atoms in total. The van der Waals surface area contributed by atoms with Gasteiger partial charge in [0.15, 0.2) is 0 Å². The molecule has 2 aromatic rings. The first-order valence-electron chi connectivity index (χ1n) is 6.28. The second-order valence-corrected chi connectivity index (χ2v) is 5.05. The van der Waals surface area contributed by atoms with E-state index >= 15 is 0 Å². The van der Waals surface area contributed by atoms with Gasteiger partial charge in [-0.05, 0) is 42.3 Å². The van der Waals surface area contributed by atoms with E-state index < -0.39 is 6.10 Å². The van der Waals surface area contributed by atoms with Crippen molar-refractivity contribution >= 4 is 11.6 Å². The molecule has 0 radical (unpaired) electrons. The summed E-state index contributed by atoms with van der Waals surface area (Å²) in [6.07, 6.45) is -0.450. The van der Waals surface area contributed by atoms with Crippen LogP contribution in [-0.4, -0.2) is 12.2 Å². The van der Waals surface area contributed by atoms with E-state index in [1.807, 2.05) is 6.92 Å². The fourth-order valence-electron chi connectivity index (χ4n) is 2.22. The normalized spacial score (nSPS) is 12.2. The van der Waals surface area contributed by atoms with E-state index in [-0.39, 0.29) is 5.82 Å². The SMILES string of the molecule is COc1cccc(Cl)c1C(O)Cc1ccc(F)cc1C. The molecule has 0 aliphatic carbocycles. The van der Waals surface area contributed by atoms with E-state index in [0.717, 1.165) is 11.1 Å². The average Bonchev–Trinajstić information content (AvgIpc) is 2.41. The molecule has 0 aliphatic rings. The van der Waals surface area contributed by atoms with Gasteiger partial charge in [0.1, 0.15) is 11.6 Å². The Hall–Kier alpha value is -1.58. The van der Waals surface area contributed by atoms with E-state index in [9.17, 15) is 9.50 Å². The summed E-state index contributed by atoms with van der Waals surface area (Å²) in [5, 5.41) is 10.9. The van der Waals surface area contributed by atoms with Crippen LogP contribution in [0.2, 0.25) is 5.02 Å². The van der Waals surface area contributed by atoms with Crippen LogP contribution in [0.5, 0.6) is 5.75 Å². The van der Waals surface area contributed by atoms with E-state index in [2.05, 4.69) is 0 Å². The Kier molecular flexibility index (Phi) is 4.63. The lowest BCUT2D eigenvalue weighted by atomic mass is 9.97. The maximum absolute atomic E-state index is 13.1. The van der Waals surface area contributed by atoms with Gasteiger partial charge in [-0.25, -0.2) is 4.39 Å². The van der Waals surface area contributed by atoms with Crippen molar-refractivity contribution in [3.63, 3.8) is 0 Å². The highest BCUT2D eigenvalue weighted by Gasteiger charge is 2.18. The molecule has 20 heavy (non-hydrogen) atoms. The van der Waals surface area contributed by atoms with E-state index in [0.29, 0.717) is 22.8 Å². The van der Waals surface area contributed by atoms with Crippen LogP contribution in [0.3, 0.4) is 0 Å². The van der Waals surface area contributed by atoms with Crippen LogP contribution in [0, 0.1) is 12.7 Å². The number of halogens is 2. The van der Waals surface area contributed by atoms with Crippen molar-refractivity contribution in [2.75, 3.05) is 7.11 Å². The van der Waals surface area contributed by atoms with Crippen LogP contribution in [-0.2, 0) is 6.42 Å². The molecule has 2 rings (SSSR count). The monoisotopic (exact) mass is 294 g/mol. The predicted octanol–water partition coefficient (Wildman–Crippen LogP) is 4.07. The van der Waals surface area contributed by atoms with Crippen LogP contribution in [0.15, 0.2) is 36.4 Å². The molecular formula is C16H16ClFO2. The standard InChI is InChI=1S/C16H16ClFO2/c1-10-8-12(18)7-6-11(10)9-14(19)16-13(17)4-3-5-15(16)20-2/h3-8,14,19H,9H2,1-2H3. The zero-order valence-electron chi connectivity index (χ0n) is 11.4. The molecule has 0 fully saturated rings. The van der Waals surface area contributed by atoms with Gasteiger partial charge in [0.05, 0.1) is 18.2 Å². The van der Waals surface area contributed by atoms with Gasteiger partial charge in [-0.3, -0.25) is 0 Å². The summed E-state index contributed by atoms with van der Waals surface area (Å²) in [5.74, 6) is 0.265. The molecule has 0 saturated carbocycles. The highest BCUT2D eigenvalue weighted by molar-refractivity contribution is 6.31. The van der Waals surface area contributed by atoms with Crippen molar-refractivity contribution in [2.24, 2.45) is 0 Å². The maximum atomic E-state index is 13.1. The fraction of sp³-hybridized carbons (Fsp3) is 0.250. The Labute approximate surface area is 122 Å². The minimum atomic E-state index is -0.803. The zero-order chi connectivity index (χ0) is 14.7. The minimum absolute atomic E-state index is 0.281. The maximum Gasteiger partial charge on any atom is 0.126 e. The van der Waals surface area contributed by atoms with Gasteiger partial charge in [0, 0.05) is 12.0 Å². The van der Waals surface area contributed by atoms with Crippen LogP contribution in [0.25, 0.3) is 0 Å². The minimum Gasteiger partial charge on any atom is -0.496 e. The molecule has 0 aromatic heterocycles. The Bertz CT molecular complexity index is 613. The summed E-state index contributed by atoms with van der Waals surface area (Å²) >= 11 is 6.13. The van der Waals surface area contributed by atoms with E-state index in [1.54, 1.807) is 24.3 Å². The molecule has 4 heteroatoms. The first kappa shape index (κ1) is 14.8. The van der Waals surface area contributed by atoms with Crippen molar-refractivity contribution in [1.29, 1.82) is 0 Å². The van der Waals surface area contributed by atoms with E-state index in [4.69, 9.17) is 16.3 Å². The molecule has 0 amide bonds. The van der Waals surface area contributed by atoms with Crippen molar-refractivity contribution in [2.45, 2.75) is 19.4 Å². The number of aliphatic hydroxyl groups is 1. The van der Waals surface area contributed by atoms with Crippen molar-refractivity contribution in [3.8, 4) is 5.75 Å². The van der Waals surface area contributed by atoms with Gasteiger partial charge in [-0.2, -0.15) is 0 Å². The number of benzene rings is 2. The highest BCUT2D eigenvalue weighted by Crippen LogP contribution is 2.34. The van der Waals surface area contributed by atoms with Crippen LogP contribution >= 0.6 is 11.6 Å². The Balaban J connectivity index is 2.30. The topological polar surface area (TPSA) is 29.5 Å². The van der Waals surface area contributed by atoms with Crippen LogP contribution in [0.1, 0.15) is 22.8 Å².